The molecule has 1 aliphatic rings. The molecule has 4 heteroatoms. The van der Waals surface area contributed by atoms with E-state index in [-0.39, 0.29) is 18.3 Å². The van der Waals surface area contributed by atoms with Crippen molar-refractivity contribution in [2.45, 2.75) is 57.1 Å². The molecule has 1 fully saturated rings. The summed E-state index contributed by atoms with van der Waals surface area (Å²) >= 11 is 1.76. The van der Waals surface area contributed by atoms with Gasteiger partial charge < -0.3 is 9.31 Å². The van der Waals surface area contributed by atoms with E-state index in [4.69, 9.17) is 9.31 Å². The van der Waals surface area contributed by atoms with E-state index in [0.717, 1.165) is 6.42 Å². The Morgan fingerprint density at radius 3 is 2.05 bits per heavy atom. The van der Waals surface area contributed by atoms with E-state index >= 15 is 0 Å². The van der Waals surface area contributed by atoms with Gasteiger partial charge in [0.05, 0.1) is 11.2 Å². The van der Waals surface area contributed by atoms with Crippen molar-refractivity contribution in [3.63, 3.8) is 0 Å². The van der Waals surface area contributed by atoms with Gasteiger partial charge in [-0.3, -0.25) is 0 Å². The maximum absolute atomic E-state index is 6.14. The van der Waals surface area contributed by atoms with E-state index in [2.05, 4.69) is 71.2 Å². The van der Waals surface area contributed by atoms with Gasteiger partial charge in [0, 0.05) is 4.90 Å². The fourth-order valence-corrected chi connectivity index (χ4v) is 2.65. The highest BCUT2D eigenvalue weighted by Crippen LogP contribution is 2.39. The molecule has 1 aromatic rings. The van der Waals surface area contributed by atoms with Crippen LogP contribution in [0.15, 0.2) is 34.6 Å². The van der Waals surface area contributed by atoms with Gasteiger partial charge in [0.2, 0.25) is 0 Å². The fraction of sp³-hybridized carbons (Fsp3) is 0.529. The van der Waals surface area contributed by atoms with E-state index in [1.807, 2.05) is 0 Å². The molecule has 2 nitrogen and oxygen atoms in total. The topological polar surface area (TPSA) is 18.5 Å². The van der Waals surface area contributed by atoms with Crippen molar-refractivity contribution in [3.05, 3.63) is 35.3 Å². The number of hydrogen-bond donors (Lipinski definition) is 0. The van der Waals surface area contributed by atoms with Crippen LogP contribution in [0.25, 0.3) is 6.08 Å². The van der Waals surface area contributed by atoms with Crippen LogP contribution in [0.5, 0.6) is 0 Å². The van der Waals surface area contributed by atoms with Crippen LogP contribution >= 0.6 is 11.8 Å². The Hall–Kier alpha value is -0.705. The number of thioether (sulfide) groups is 1. The third-order valence-corrected chi connectivity index (χ3v) is 5.18. The summed E-state index contributed by atoms with van der Waals surface area (Å²) in [4.78, 5) is 1.28. The van der Waals surface area contributed by atoms with E-state index in [9.17, 15) is 0 Å². The monoisotopic (exact) mass is 304 g/mol. The van der Waals surface area contributed by atoms with Crippen LogP contribution in [0.2, 0.25) is 0 Å². The first-order chi connectivity index (χ1) is 9.79. The summed E-state index contributed by atoms with van der Waals surface area (Å²) in [6, 6.07) is 8.58. The van der Waals surface area contributed by atoms with E-state index < -0.39 is 0 Å². The number of rotatable bonds is 4. The smallest absolute Gasteiger partial charge is 0.400 e. The van der Waals surface area contributed by atoms with Crippen molar-refractivity contribution in [1.29, 1.82) is 0 Å². The second-order valence-corrected chi connectivity index (χ2v) is 7.31. The van der Waals surface area contributed by atoms with Gasteiger partial charge in [-0.25, -0.2) is 0 Å². The molecule has 0 atom stereocenters. The van der Waals surface area contributed by atoms with Crippen LogP contribution in [0, 0.1) is 0 Å². The summed E-state index contributed by atoms with van der Waals surface area (Å²) in [5, 5.41) is 0. The lowest BCUT2D eigenvalue weighted by atomic mass is 9.75. The molecule has 0 unspecified atom stereocenters. The summed E-state index contributed by atoms with van der Waals surface area (Å²) in [5.74, 6) is 0. The van der Waals surface area contributed by atoms with Gasteiger partial charge in [0.25, 0.3) is 0 Å². The second kappa shape index (κ2) is 6.19. The van der Waals surface area contributed by atoms with Crippen molar-refractivity contribution in [2.24, 2.45) is 0 Å². The molecule has 0 radical (unpaired) electrons. The standard InChI is InChI=1S/C17H25BO2S/c1-7-14(12-13-8-10-15(21-6)11-9-13)18-19-16(2,3)17(4,5)20-18/h8-12H,7H2,1-6H3/b14-12+. The molecular weight excluding hydrogens is 279 g/mol. The van der Waals surface area contributed by atoms with Gasteiger partial charge in [-0.2, -0.15) is 0 Å². The zero-order chi connectivity index (χ0) is 15.7. The van der Waals surface area contributed by atoms with E-state index in [1.54, 1.807) is 11.8 Å². The molecular formula is C17H25BO2S. The largest absolute Gasteiger partial charge is 0.490 e. The third-order valence-electron chi connectivity index (χ3n) is 4.43. The molecule has 1 aromatic carbocycles. The minimum absolute atomic E-state index is 0.250. The molecule has 1 saturated heterocycles. The first-order valence-corrected chi connectivity index (χ1v) is 8.71. The lowest BCUT2D eigenvalue weighted by Crippen LogP contribution is -2.41. The molecule has 114 valence electrons. The highest BCUT2D eigenvalue weighted by atomic mass is 32.2. The van der Waals surface area contributed by atoms with Crippen LogP contribution in [0.3, 0.4) is 0 Å². The highest BCUT2D eigenvalue weighted by Gasteiger charge is 2.51. The predicted molar refractivity (Wildman–Crippen MR) is 92.6 cm³/mol. The van der Waals surface area contributed by atoms with Crippen LogP contribution < -0.4 is 0 Å². The van der Waals surface area contributed by atoms with Gasteiger partial charge in [-0.15, -0.1) is 11.8 Å². The van der Waals surface area contributed by atoms with Gasteiger partial charge >= 0.3 is 7.12 Å². The zero-order valence-electron chi connectivity index (χ0n) is 13.9. The Labute approximate surface area is 133 Å². The Bertz CT molecular complexity index is 504. The third kappa shape index (κ3) is 3.55. The van der Waals surface area contributed by atoms with Crippen LogP contribution in [0.4, 0.5) is 0 Å². The number of hydrogen-bond acceptors (Lipinski definition) is 3. The number of allylic oxidation sites excluding steroid dienone is 1. The minimum atomic E-state index is -0.283. The lowest BCUT2D eigenvalue weighted by molar-refractivity contribution is 0.00578. The average molecular weight is 304 g/mol. The summed E-state index contributed by atoms with van der Waals surface area (Å²) in [6.45, 7) is 10.5. The molecule has 1 aliphatic heterocycles. The Morgan fingerprint density at radius 1 is 1.10 bits per heavy atom. The Kier molecular flexibility index (Phi) is 4.91. The fourth-order valence-electron chi connectivity index (χ4n) is 2.25. The van der Waals surface area contributed by atoms with E-state index in [1.165, 1.54) is 15.9 Å². The molecule has 1 heterocycles. The van der Waals surface area contributed by atoms with Crippen molar-refractivity contribution in [1.82, 2.24) is 0 Å². The normalized spacial score (nSPS) is 20.9. The van der Waals surface area contributed by atoms with Crippen LogP contribution in [-0.4, -0.2) is 24.6 Å². The summed E-state index contributed by atoms with van der Waals surface area (Å²) < 4.78 is 12.3. The van der Waals surface area contributed by atoms with Crippen LogP contribution in [-0.2, 0) is 9.31 Å². The average Bonchev–Trinajstić information content (AvgIpc) is 2.65. The Balaban J connectivity index is 2.22. The summed E-state index contributed by atoms with van der Waals surface area (Å²) in [7, 11) is -0.250. The molecule has 2 rings (SSSR count). The first-order valence-electron chi connectivity index (χ1n) is 7.49. The molecule has 0 saturated carbocycles. The lowest BCUT2D eigenvalue weighted by Gasteiger charge is -2.32. The van der Waals surface area contributed by atoms with Gasteiger partial charge in [-0.05, 0) is 63.5 Å². The highest BCUT2D eigenvalue weighted by molar-refractivity contribution is 7.98. The maximum atomic E-state index is 6.14. The predicted octanol–water partition coefficient (Wildman–Crippen LogP) is 4.83. The SMILES string of the molecule is CC/C(=C\c1ccc(SC)cc1)B1OC(C)(C)C(C)(C)O1. The molecule has 21 heavy (non-hydrogen) atoms. The molecule has 0 N–H and O–H groups in total. The molecule has 0 aromatic heterocycles. The second-order valence-electron chi connectivity index (χ2n) is 6.43. The van der Waals surface area contributed by atoms with Gasteiger partial charge in [0.1, 0.15) is 0 Å². The van der Waals surface area contributed by atoms with Crippen molar-refractivity contribution < 1.29 is 9.31 Å². The summed E-state index contributed by atoms with van der Waals surface area (Å²) in [6.07, 6.45) is 5.19. The van der Waals surface area contributed by atoms with Crippen molar-refractivity contribution in [3.8, 4) is 0 Å². The van der Waals surface area contributed by atoms with Gasteiger partial charge in [-0.1, -0.05) is 25.1 Å². The molecule has 0 spiro atoms. The molecule has 0 amide bonds. The molecule has 0 aliphatic carbocycles. The van der Waals surface area contributed by atoms with Crippen molar-refractivity contribution >= 4 is 25.0 Å². The molecule has 0 bridgehead atoms. The summed E-state index contributed by atoms with van der Waals surface area (Å²) in [5.41, 5.74) is 1.81. The quantitative estimate of drug-likeness (QED) is 0.586. The number of benzene rings is 1. The van der Waals surface area contributed by atoms with Gasteiger partial charge in [0.15, 0.2) is 0 Å². The first kappa shape index (κ1) is 16.7. The zero-order valence-corrected chi connectivity index (χ0v) is 14.7. The minimum Gasteiger partial charge on any atom is -0.400 e. The Morgan fingerprint density at radius 2 is 1.62 bits per heavy atom. The van der Waals surface area contributed by atoms with Crippen LogP contribution in [0.1, 0.15) is 46.6 Å². The van der Waals surface area contributed by atoms with Crippen molar-refractivity contribution in [2.75, 3.05) is 6.26 Å². The van der Waals surface area contributed by atoms with E-state index in [0.29, 0.717) is 0 Å². The maximum Gasteiger partial charge on any atom is 0.490 e.